The Morgan fingerprint density at radius 2 is 2.21 bits per heavy atom. The number of benzene rings is 1. The van der Waals surface area contributed by atoms with Gasteiger partial charge in [0.25, 0.3) is 5.69 Å². The highest BCUT2D eigenvalue weighted by atomic mass is 79.9. The number of hydrogen-bond donors (Lipinski definition) is 1. The molecule has 0 bridgehead atoms. The molecule has 0 spiro atoms. The van der Waals surface area contributed by atoms with Crippen molar-refractivity contribution in [3.8, 4) is 5.75 Å². The predicted molar refractivity (Wildman–Crippen MR) is 79.0 cm³/mol. The number of anilines is 1. The van der Waals surface area contributed by atoms with Gasteiger partial charge in [0.2, 0.25) is 0 Å². The van der Waals surface area contributed by atoms with Gasteiger partial charge in [-0.05, 0) is 22.0 Å². The summed E-state index contributed by atoms with van der Waals surface area (Å²) in [5.41, 5.74) is 0.671. The molecule has 2 rings (SSSR count). The maximum Gasteiger partial charge on any atom is 0.275 e. The smallest absolute Gasteiger partial charge is 0.275 e. The molecule has 2 aromatic rings. The Balaban J connectivity index is 2.15. The zero-order valence-corrected chi connectivity index (χ0v) is 12.5. The first kappa shape index (κ1) is 13.8. The lowest BCUT2D eigenvalue weighted by molar-refractivity contribution is -0.384. The Hall–Kier alpha value is -1.60. The van der Waals surface area contributed by atoms with Crippen LogP contribution in [0.25, 0.3) is 0 Å². The summed E-state index contributed by atoms with van der Waals surface area (Å²) in [5.74, 6) is 0.462. The van der Waals surface area contributed by atoms with Crippen LogP contribution in [-0.2, 0) is 6.54 Å². The van der Waals surface area contributed by atoms with Crippen molar-refractivity contribution in [3.63, 3.8) is 0 Å². The minimum absolute atomic E-state index is 0.00853. The Labute approximate surface area is 122 Å². The molecule has 19 heavy (non-hydrogen) atoms. The minimum Gasteiger partial charge on any atom is -0.496 e. The van der Waals surface area contributed by atoms with Crippen molar-refractivity contribution in [2.45, 2.75) is 6.54 Å². The average molecular weight is 343 g/mol. The van der Waals surface area contributed by atoms with Gasteiger partial charge < -0.3 is 10.1 Å². The van der Waals surface area contributed by atoms with Gasteiger partial charge in [0, 0.05) is 39.1 Å². The van der Waals surface area contributed by atoms with Crippen LogP contribution in [0.1, 0.15) is 4.88 Å². The van der Waals surface area contributed by atoms with Gasteiger partial charge in [-0.15, -0.1) is 11.3 Å². The van der Waals surface area contributed by atoms with E-state index in [1.54, 1.807) is 17.4 Å². The molecule has 0 unspecified atom stereocenters. The van der Waals surface area contributed by atoms with Gasteiger partial charge in [0.15, 0.2) is 0 Å². The molecule has 0 saturated heterocycles. The van der Waals surface area contributed by atoms with Gasteiger partial charge in [-0.3, -0.25) is 10.1 Å². The first-order valence-electron chi connectivity index (χ1n) is 5.39. The summed E-state index contributed by atoms with van der Waals surface area (Å²) in [5, 5.41) is 16.0. The van der Waals surface area contributed by atoms with Crippen LogP contribution in [-0.4, -0.2) is 12.0 Å². The monoisotopic (exact) mass is 342 g/mol. The second-order valence-electron chi connectivity index (χ2n) is 3.76. The molecule has 7 heteroatoms. The van der Waals surface area contributed by atoms with Crippen molar-refractivity contribution in [1.29, 1.82) is 0 Å². The van der Waals surface area contributed by atoms with Crippen molar-refractivity contribution >= 4 is 38.6 Å². The van der Waals surface area contributed by atoms with Crippen molar-refractivity contribution in [2.75, 3.05) is 12.4 Å². The van der Waals surface area contributed by atoms with Crippen LogP contribution < -0.4 is 10.1 Å². The normalized spacial score (nSPS) is 10.2. The van der Waals surface area contributed by atoms with Gasteiger partial charge in [-0.1, -0.05) is 0 Å². The minimum atomic E-state index is -0.435. The highest BCUT2D eigenvalue weighted by molar-refractivity contribution is 9.10. The van der Waals surface area contributed by atoms with E-state index in [0.29, 0.717) is 18.0 Å². The summed E-state index contributed by atoms with van der Waals surface area (Å²) in [6.45, 7) is 0.612. The van der Waals surface area contributed by atoms with Gasteiger partial charge >= 0.3 is 0 Å². The number of nitro benzene ring substituents is 1. The van der Waals surface area contributed by atoms with Crippen LogP contribution in [0, 0.1) is 10.1 Å². The van der Waals surface area contributed by atoms with Crippen molar-refractivity contribution in [2.24, 2.45) is 0 Å². The number of halogens is 1. The molecule has 1 N–H and O–H groups in total. The largest absolute Gasteiger partial charge is 0.496 e. The van der Waals surface area contributed by atoms with Crippen molar-refractivity contribution in [1.82, 2.24) is 0 Å². The fourth-order valence-corrected chi connectivity index (χ4v) is 2.94. The van der Waals surface area contributed by atoms with E-state index in [-0.39, 0.29) is 5.69 Å². The first-order chi connectivity index (χ1) is 9.08. The molecule has 0 saturated carbocycles. The molecule has 100 valence electrons. The van der Waals surface area contributed by atoms with Gasteiger partial charge in [-0.25, -0.2) is 0 Å². The second kappa shape index (κ2) is 6.03. The zero-order valence-electron chi connectivity index (χ0n) is 10.1. The number of thiophene rings is 1. The first-order valence-corrected chi connectivity index (χ1v) is 7.06. The van der Waals surface area contributed by atoms with Crippen LogP contribution >= 0.6 is 27.3 Å². The standard InChI is InChI=1S/C12H11BrN2O3S/c1-18-11-4-9(3-10(5-11)15(16)17)14-6-12-2-8(13)7-19-12/h2-5,7,14H,6H2,1H3. The molecule has 0 fully saturated rings. The molecular weight excluding hydrogens is 332 g/mol. The fraction of sp³-hybridized carbons (Fsp3) is 0.167. The second-order valence-corrected chi connectivity index (χ2v) is 5.67. The Kier molecular flexibility index (Phi) is 4.39. The Morgan fingerprint density at radius 3 is 2.79 bits per heavy atom. The molecule has 0 aliphatic rings. The molecule has 0 aliphatic heterocycles. The lowest BCUT2D eigenvalue weighted by Crippen LogP contribution is -1.99. The Bertz CT molecular complexity index is 600. The van der Waals surface area contributed by atoms with E-state index in [4.69, 9.17) is 4.74 Å². The van der Waals surface area contributed by atoms with E-state index < -0.39 is 4.92 Å². The van der Waals surface area contributed by atoms with Gasteiger partial charge in [0.05, 0.1) is 18.1 Å². The summed E-state index contributed by atoms with van der Waals surface area (Å²) in [6, 6.07) is 6.62. The third kappa shape index (κ3) is 3.68. The predicted octanol–water partition coefficient (Wildman–Crippen LogP) is 4.04. The molecule has 1 aromatic heterocycles. The number of non-ortho nitro benzene ring substituents is 1. The summed E-state index contributed by atoms with van der Waals surface area (Å²) >= 11 is 5.00. The summed E-state index contributed by atoms with van der Waals surface area (Å²) in [4.78, 5) is 11.5. The van der Waals surface area contributed by atoms with Gasteiger partial charge in [-0.2, -0.15) is 0 Å². The topological polar surface area (TPSA) is 64.4 Å². The summed E-state index contributed by atoms with van der Waals surface area (Å²) in [6.07, 6.45) is 0. The summed E-state index contributed by atoms with van der Waals surface area (Å²) < 4.78 is 6.09. The number of ether oxygens (including phenoxy) is 1. The van der Waals surface area contributed by atoms with Crippen LogP contribution in [0.2, 0.25) is 0 Å². The van der Waals surface area contributed by atoms with Crippen LogP contribution in [0.5, 0.6) is 5.75 Å². The molecule has 0 amide bonds. The lowest BCUT2D eigenvalue weighted by atomic mass is 10.2. The van der Waals surface area contributed by atoms with E-state index in [1.165, 1.54) is 19.2 Å². The number of hydrogen-bond acceptors (Lipinski definition) is 5. The zero-order chi connectivity index (χ0) is 13.8. The Morgan fingerprint density at radius 1 is 1.42 bits per heavy atom. The maximum atomic E-state index is 10.8. The number of nitro groups is 1. The highest BCUT2D eigenvalue weighted by Crippen LogP contribution is 2.27. The van der Waals surface area contributed by atoms with Crippen molar-refractivity contribution in [3.05, 3.63) is 49.1 Å². The molecule has 0 aliphatic carbocycles. The van der Waals surface area contributed by atoms with Crippen molar-refractivity contribution < 1.29 is 9.66 Å². The number of nitrogens with zero attached hydrogens (tertiary/aromatic N) is 1. The van der Waals surface area contributed by atoms with Crippen LogP contribution in [0.15, 0.2) is 34.1 Å². The molecule has 1 aromatic carbocycles. The lowest BCUT2D eigenvalue weighted by Gasteiger charge is -2.07. The molecular formula is C12H11BrN2O3S. The summed E-state index contributed by atoms with van der Waals surface area (Å²) in [7, 11) is 1.49. The van der Waals surface area contributed by atoms with Crippen LogP contribution in [0.4, 0.5) is 11.4 Å². The number of methoxy groups -OCH3 is 1. The van der Waals surface area contributed by atoms with E-state index >= 15 is 0 Å². The molecule has 0 atom stereocenters. The molecule has 0 radical (unpaired) electrons. The molecule has 1 heterocycles. The average Bonchev–Trinajstić information content (AvgIpc) is 2.81. The third-order valence-corrected chi connectivity index (χ3v) is 4.12. The van der Waals surface area contributed by atoms with E-state index in [9.17, 15) is 10.1 Å². The number of nitrogens with one attached hydrogen (secondary N) is 1. The fourth-order valence-electron chi connectivity index (χ4n) is 1.54. The quantitative estimate of drug-likeness (QED) is 0.657. The van der Waals surface area contributed by atoms with Gasteiger partial charge in [0.1, 0.15) is 5.75 Å². The van der Waals surface area contributed by atoms with Crippen LogP contribution in [0.3, 0.4) is 0 Å². The van der Waals surface area contributed by atoms with E-state index in [1.807, 2.05) is 11.4 Å². The third-order valence-electron chi connectivity index (χ3n) is 2.43. The van der Waals surface area contributed by atoms with E-state index in [2.05, 4.69) is 21.2 Å². The molecule has 5 nitrogen and oxygen atoms in total. The highest BCUT2D eigenvalue weighted by Gasteiger charge is 2.10. The SMILES string of the molecule is COc1cc(NCc2cc(Br)cs2)cc([N+](=O)[O-])c1. The number of rotatable bonds is 5. The van der Waals surface area contributed by atoms with E-state index in [0.717, 1.165) is 9.35 Å². The maximum absolute atomic E-state index is 10.8.